The number of ether oxygens (including phenoxy) is 2. The van der Waals surface area contributed by atoms with E-state index in [1.54, 1.807) is 14.2 Å². The van der Waals surface area contributed by atoms with Crippen LogP contribution < -0.4 is 14.8 Å². The second kappa shape index (κ2) is 4.03. The minimum absolute atomic E-state index is 0.548. The van der Waals surface area contributed by atoms with Gasteiger partial charge in [-0.25, -0.2) is 9.50 Å². The summed E-state index contributed by atoms with van der Waals surface area (Å²) in [4.78, 5) is 8.94. The predicted molar refractivity (Wildman–Crippen MR) is 74.6 cm³/mol. The fourth-order valence-electron chi connectivity index (χ4n) is 2.29. The van der Waals surface area contributed by atoms with Gasteiger partial charge in [0.2, 0.25) is 5.95 Å². The van der Waals surface area contributed by atoms with Crippen LogP contribution in [-0.2, 0) is 0 Å². The molecule has 0 bridgehead atoms. The molecule has 2 N–H and O–H groups in total. The van der Waals surface area contributed by atoms with Crippen molar-refractivity contribution in [3.05, 3.63) is 12.1 Å². The smallest absolute Gasteiger partial charge is 0.253 e. The third-order valence-electron chi connectivity index (χ3n) is 3.49. The van der Waals surface area contributed by atoms with Crippen molar-refractivity contribution in [2.45, 2.75) is 18.9 Å². The fourth-order valence-corrected chi connectivity index (χ4v) is 2.29. The topological polar surface area (TPSA) is 76.5 Å². The van der Waals surface area contributed by atoms with E-state index in [1.165, 1.54) is 12.8 Å². The van der Waals surface area contributed by atoms with Crippen LogP contribution in [0.25, 0.3) is 16.8 Å². The quantitative estimate of drug-likeness (QED) is 0.758. The van der Waals surface area contributed by atoms with Crippen molar-refractivity contribution in [3.8, 4) is 11.5 Å². The number of rotatable bonds is 4. The lowest BCUT2D eigenvalue weighted by molar-refractivity contribution is 0.355. The van der Waals surface area contributed by atoms with Crippen molar-refractivity contribution < 1.29 is 9.47 Å². The van der Waals surface area contributed by atoms with Crippen LogP contribution in [0.15, 0.2) is 12.1 Å². The lowest BCUT2D eigenvalue weighted by Gasteiger charge is -2.06. The van der Waals surface area contributed by atoms with Crippen molar-refractivity contribution in [1.82, 2.24) is 19.6 Å². The summed E-state index contributed by atoms with van der Waals surface area (Å²) in [6.07, 6.45) is 2.41. The molecule has 0 amide bonds. The molecule has 1 aromatic carbocycles. The van der Waals surface area contributed by atoms with Gasteiger partial charge in [0, 0.05) is 18.2 Å². The normalized spacial score (nSPS) is 14.9. The third kappa shape index (κ3) is 1.66. The number of nitrogens with zero attached hydrogens (tertiary/aromatic N) is 3. The van der Waals surface area contributed by atoms with Crippen LogP contribution in [0.3, 0.4) is 0 Å². The Bertz CT molecular complexity index is 787. The molecule has 1 aliphatic rings. The molecule has 0 atom stereocenters. The maximum atomic E-state index is 5.33. The maximum absolute atomic E-state index is 5.33. The van der Waals surface area contributed by atoms with Crippen LogP contribution >= 0.6 is 0 Å². The Kier molecular flexibility index (Phi) is 2.29. The first-order valence-electron chi connectivity index (χ1n) is 6.55. The summed E-state index contributed by atoms with van der Waals surface area (Å²) in [5, 5.41) is 6.54. The second-order valence-electron chi connectivity index (χ2n) is 4.93. The first kappa shape index (κ1) is 11.4. The van der Waals surface area contributed by atoms with Crippen LogP contribution in [-0.4, -0.2) is 39.8 Å². The Morgan fingerprint density at radius 3 is 2.65 bits per heavy atom. The largest absolute Gasteiger partial charge is 0.493 e. The Hall–Kier alpha value is -2.44. The number of benzene rings is 1. The van der Waals surface area contributed by atoms with Gasteiger partial charge in [-0.3, -0.25) is 5.10 Å². The molecule has 1 fully saturated rings. The Morgan fingerprint density at radius 1 is 1.20 bits per heavy atom. The van der Waals surface area contributed by atoms with Gasteiger partial charge >= 0.3 is 0 Å². The molecular formula is C13H15N5O2. The molecule has 1 aliphatic carbocycles. The highest BCUT2D eigenvalue weighted by molar-refractivity contribution is 5.83. The highest BCUT2D eigenvalue weighted by Crippen LogP contribution is 2.32. The summed E-state index contributed by atoms with van der Waals surface area (Å²) >= 11 is 0. The van der Waals surface area contributed by atoms with Crippen LogP contribution in [0.1, 0.15) is 12.8 Å². The number of aromatic nitrogens is 4. The summed E-state index contributed by atoms with van der Waals surface area (Å²) in [5.74, 6) is 2.73. The van der Waals surface area contributed by atoms with Crippen molar-refractivity contribution >= 4 is 22.8 Å². The molecule has 0 saturated heterocycles. The van der Waals surface area contributed by atoms with Gasteiger partial charge in [0.25, 0.3) is 5.78 Å². The Balaban J connectivity index is 1.87. The zero-order chi connectivity index (χ0) is 13.7. The molecule has 2 heterocycles. The van der Waals surface area contributed by atoms with E-state index in [-0.39, 0.29) is 0 Å². The van der Waals surface area contributed by atoms with Crippen molar-refractivity contribution in [1.29, 1.82) is 0 Å². The third-order valence-corrected chi connectivity index (χ3v) is 3.49. The van der Waals surface area contributed by atoms with Crippen molar-refractivity contribution in [2.24, 2.45) is 0 Å². The zero-order valence-electron chi connectivity index (χ0n) is 11.3. The van der Waals surface area contributed by atoms with E-state index < -0.39 is 0 Å². The number of anilines is 1. The number of fused-ring (bicyclic) bond motifs is 3. The molecule has 0 radical (unpaired) electrons. The monoisotopic (exact) mass is 273 g/mol. The average molecular weight is 273 g/mol. The number of hydrogen-bond donors (Lipinski definition) is 2. The van der Waals surface area contributed by atoms with Crippen molar-refractivity contribution in [3.63, 3.8) is 0 Å². The van der Waals surface area contributed by atoms with Crippen LogP contribution in [0.4, 0.5) is 5.95 Å². The van der Waals surface area contributed by atoms with E-state index in [0.29, 0.717) is 23.3 Å². The molecule has 2 aromatic heterocycles. The molecule has 4 rings (SSSR count). The summed E-state index contributed by atoms with van der Waals surface area (Å²) in [5.41, 5.74) is 1.73. The summed E-state index contributed by atoms with van der Waals surface area (Å²) in [6, 6.07) is 4.30. The van der Waals surface area contributed by atoms with Gasteiger partial charge in [-0.15, -0.1) is 0 Å². The van der Waals surface area contributed by atoms with Crippen LogP contribution in [0.2, 0.25) is 0 Å². The van der Waals surface area contributed by atoms with Crippen LogP contribution in [0, 0.1) is 0 Å². The Labute approximate surface area is 114 Å². The lowest BCUT2D eigenvalue weighted by Crippen LogP contribution is -2.02. The van der Waals surface area contributed by atoms with E-state index in [9.17, 15) is 0 Å². The molecule has 3 aromatic rings. The first-order chi connectivity index (χ1) is 9.78. The Morgan fingerprint density at radius 2 is 1.95 bits per heavy atom. The highest BCUT2D eigenvalue weighted by atomic mass is 16.5. The minimum atomic E-state index is 0.548. The zero-order valence-corrected chi connectivity index (χ0v) is 11.3. The SMILES string of the molecule is COc1cc2nc3nc(NC4CC4)[nH]n3c2cc1OC. The average Bonchev–Trinajstić information content (AvgIpc) is 3.08. The second-order valence-corrected chi connectivity index (χ2v) is 4.93. The molecular weight excluding hydrogens is 258 g/mol. The van der Waals surface area contributed by atoms with Gasteiger partial charge in [0.15, 0.2) is 11.5 Å². The molecule has 104 valence electrons. The van der Waals surface area contributed by atoms with E-state index in [0.717, 1.165) is 17.0 Å². The summed E-state index contributed by atoms with van der Waals surface area (Å²) < 4.78 is 12.5. The van der Waals surface area contributed by atoms with Gasteiger partial charge in [-0.1, -0.05) is 0 Å². The molecule has 7 heteroatoms. The van der Waals surface area contributed by atoms with E-state index in [4.69, 9.17) is 9.47 Å². The number of methoxy groups -OCH3 is 2. The molecule has 7 nitrogen and oxygen atoms in total. The van der Waals surface area contributed by atoms with Gasteiger partial charge in [0.05, 0.1) is 25.3 Å². The van der Waals surface area contributed by atoms with E-state index >= 15 is 0 Å². The lowest BCUT2D eigenvalue weighted by atomic mass is 10.3. The van der Waals surface area contributed by atoms with Crippen LogP contribution in [0.5, 0.6) is 11.5 Å². The predicted octanol–water partition coefficient (Wildman–Crippen LogP) is 1.80. The number of H-pyrrole nitrogens is 1. The summed E-state index contributed by atoms with van der Waals surface area (Å²) in [7, 11) is 3.23. The number of aromatic amines is 1. The number of hydrogen-bond acceptors (Lipinski definition) is 5. The van der Waals surface area contributed by atoms with Gasteiger partial charge in [-0.05, 0) is 12.8 Å². The number of nitrogens with one attached hydrogen (secondary N) is 2. The van der Waals surface area contributed by atoms with E-state index in [1.807, 2.05) is 16.6 Å². The molecule has 20 heavy (non-hydrogen) atoms. The molecule has 0 spiro atoms. The van der Waals surface area contributed by atoms with Gasteiger partial charge in [0.1, 0.15) is 0 Å². The fraction of sp³-hybridized carbons (Fsp3) is 0.385. The molecule has 0 aliphatic heterocycles. The highest BCUT2D eigenvalue weighted by Gasteiger charge is 2.23. The minimum Gasteiger partial charge on any atom is -0.493 e. The summed E-state index contributed by atoms with van der Waals surface area (Å²) in [6.45, 7) is 0. The standard InChI is InChI=1S/C13H15N5O2/c1-19-10-5-8-9(6-11(10)20-2)18-13(15-8)16-12(17-18)14-7-3-4-7/h5-7H,3-4H2,1-2H3,(H2,14,15,16,17). The van der Waals surface area contributed by atoms with Gasteiger partial charge < -0.3 is 14.8 Å². The molecule has 1 saturated carbocycles. The van der Waals surface area contributed by atoms with E-state index in [2.05, 4.69) is 20.4 Å². The van der Waals surface area contributed by atoms with Crippen molar-refractivity contribution in [2.75, 3.05) is 19.5 Å². The molecule has 0 unspecified atom stereocenters. The first-order valence-corrected chi connectivity index (χ1v) is 6.55. The van der Waals surface area contributed by atoms with Gasteiger partial charge in [-0.2, -0.15) is 4.98 Å². The maximum Gasteiger partial charge on any atom is 0.253 e. The number of imidazole rings is 1.